The van der Waals surface area contributed by atoms with E-state index in [0.717, 1.165) is 0 Å². The van der Waals surface area contributed by atoms with Crippen molar-refractivity contribution in [2.24, 2.45) is 5.73 Å². The van der Waals surface area contributed by atoms with Gasteiger partial charge in [0, 0.05) is 19.6 Å². The Kier molecular flexibility index (Phi) is 4.40. The molecule has 1 aliphatic heterocycles. The van der Waals surface area contributed by atoms with Crippen molar-refractivity contribution in [3.8, 4) is 6.07 Å². The standard InChI is InChI=1S/C13H17N3O3S/c1-10-2-3-11(7-14)6-13(10)20(17,18)16-4-5-19-12(8-15)9-16/h2-3,6,12H,4-5,8-9,15H2,1H3/t12-/m1/s1. The van der Waals surface area contributed by atoms with Crippen molar-refractivity contribution < 1.29 is 13.2 Å². The summed E-state index contributed by atoms with van der Waals surface area (Å²) in [5.41, 5.74) is 6.49. The monoisotopic (exact) mass is 295 g/mol. The van der Waals surface area contributed by atoms with Crippen LogP contribution in [-0.4, -0.2) is 45.1 Å². The Labute approximate surface area is 118 Å². The van der Waals surface area contributed by atoms with Crippen molar-refractivity contribution in [3.05, 3.63) is 29.3 Å². The van der Waals surface area contributed by atoms with E-state index in [0.29, 0.717) is 24.3 Å². The first-order chi connectivity index (χ1) is 9.48. The van der Waals surface area contributed by atoms with Crippen molar-refractivity contribution in [3.63, 3.8) is 0 Å². The Hall–Kier alpha value is -1.46. The lowest BCUT2D eigenvalue weighted by Crippen LogP contribution is -2.48. The van der Waals surface area contributed by atoms with Crippen molar-refractivity contribution in [1.82, 2.24) is 4.31 Å². The van der Waals surface area contributed by atoms with Gasteiger partial charge in [0.25, 0.3) is 0 Å². The Morgan fingerprint density at radius 1 is 1.55 bits per heavy atom. The van der Waals surface area contributed by atoms with E-state index in [-0.39, 0.29) is 24.1 Å². The number of nitrogens with zero attached hydrogens (tertiary/aromatic N) is 2. The lowest BCUT2D eigenvalue weighted by atomic mass is 10.2. The molecule has 0 saturated carbocycles. The average molecular weight is 295 g/mol. The second-order valence-electron chi connectivity index (χ2n) is 4.68. The topological polar surface area (TPSA) is 96.4 Å². The van der Waals surface area contributed by atoms with Gasteiger partial charge >= 0.3 is 0 Å². The largest absolute Gasteiger partial charge is 0.374 e. The highest BCUT2D eigenvalue weighted by atomic mass is 32.2. The zero-order chi connectivity index (χ0) is 14.8. The maximum atomic E-state index is 12.7. The number of rotatable bonds is 3. The maximum Gasteiger partial charge on any atom is 0.243 e. The van der Waals surface area contributed by atoms with E-state index >= 15 is 0 Å². The summed E-state index contributed by atoms with van der Waals surface area (Å²) in [6.07, 6.45) is -0.280. The van der Waals surface area contributed by atoms with E-state index in [1.54, 1.807) is 19.1 Å². The van der Waals surface area contributed by atoms with Crippen LogP contribution in [0.1, 0.15) is 11.1 Å². The molecule has 2 rings (SSSR count). The van der Waals surface area contributed by atoms with Crippen LogP contribution in [0.5, 0.6) is 0 Å². The molecule has 108 valence electrons. The molecule has 0 spiro atoms. The Morgan fingerprint density at radius 3 is 2.95 bits per heavy atom. The normalized spacial score (nSPS) is 20.6. The summed E-state index contributed by atoms with van der Waals surface area (Å²) in [5.74, 6) is 0. The number of nitriles is 1. The molecule has 20 heavy (non-hydrogen) atoms. The summed E-state index contributed by atoms with van der Waals surface area (Å²) < 4.78 is 32.1. The number of benzene rings is 1. The minimum Gasteiger partial charge on any atom is -0.374 e. The van der Waals surface area contributed by atoms with Crippen LogP contribution in [0.2, 0.25) is 0 Å². The number of aryl methyl sites for hydroxylation is 1. The Balaban J connectivity index is 2.37. The predicted molar refractivity (Wildman–Crippen MR) is 73.4 cm³/mol. The number of morpholine rings is 1. The summed E-state index contributed by atoms with van der Waals surface area (Å²) in [6.45, 7) is 2.88. The molecule has 0 aromatic heterocycles. The first kappa shape index (κ1) is 14.9. The zero-order valence-corrected chi connectivity index (χ0v) is 12.1. The third-order valence-electron chi connectivity index (χ3n) is 3.30. The van der Waals surface area contributed by atoms with Gasteiger partial charge in [-0.3, -0.25) is 0 Å². The molecule has 0 amide bonds. The summed E-state index contributed by atoms with van der Waals surface area (Å²) in [5, 5.41) is 8.91. The fourth-order valence-electron chi connectivity index (χ4n) is 2.14. The van der Waals surface area contributed by atoms with Gasteiger partial charge < -0.3 is 10.5 Å². The number of nitrogens with two attached hydrogens (primary N) is 1. The van der Waals surface area contributed by atoms with Gasteiger partial charge in [-0.25, -0.2) is 8.42 Å². The molecule has 0 bridgehead atoms. The summed E-state index contributed by atoms with van der Waals surface area (Å²) in [6, 6.07) is 6.63. The zero-order valence-electron chi connectivity index (χ0n) is 11.2. The molecule has 1 saturated heterocycles. The molecular weight excluding hydrogens is 278 g/mol. The summed E-state index contributed by atoms with van der Waals surface area (Å²) >= 11 is 0. The van der Waals surface area contributed by atoms with Crippen LogP contribution >= 0.6 is 0 Å². The fourth-order valence-corrected chi connectivity index (χ4v) is 3.85. The number of sulfonamides is 1. The first-order valence-electron chi connectivity index (χ1n) is 6.31. The van der Waals surface area contributed by atoms with E-state index in [1.807, 2.05) is 6.07 Å². The molecule has 0 aliphatic carbocycles. The SMILES string of the molecule is Cc1ccc(C#N)cc1S(=O)(=O)N1CCO[C@H](CN)C1. The highest BCUT2D eigenvalue weighted by Crippen LogP contribution is 2.23. The maximum absolute atomic E-state index is 12.7. The molecule has 1 aromatic carbocycles. The minimum absolute atomic E-state index is 0.175. The third kappa shape index (κ3) is 2.83. The Morgan fingerprint density at radius 2 is 2.30 bits per heavy atom. The van der Waals surface area contributed by atoms with Gasteiger partial charge in [0.05, 0.1) is 29.2 Å². The lowest BCUT2D eigenvalue weighted by molar-refractivity contribution is 0.00449. The molecule has 7 heteroatoms. The molecule has 1 aliphatic rings. The fraction of sp³-hybridized carbons (Fsp3) is 0.462. The highest BCUT2D eigenvalue weighted by Gasteiger charge is 2.31. The van der Waals surface area contributed by atoms with Crippen LogP contribution in [0.15, 0.2) is 23.1 Å². The lowest BCUT2D eigenvalue weighted by Gasteiger charge is -2.31. The van der Waals surface area contributed by atoms with Gasteiger partial charge in [-0.15, -0.1) is 0 Å². The van der Waals surface area contributed by atoms with E-state index in [9.17, 15) is 8.42 Å². The van der Waals surface area contributed by atoms with Crippen LogP contribution in [-0.2, 0) is 14.8 Å². The van der Waals surface area contributed by atoms with Gasteiger partial charge in [-0.05, 0) is 24.6 Å². The van der Waals surface area contributed by atoms with Crippen LogP contribution in [0, 0.1) is 18.3 Å². The minimum atomic E-state index is -3.62. The highest BCUT2D eigenvalue weighted by molar-refractivity contribution is 7.89. The van der Waals surface area contributed by atoms with Crippen LogP contribution < -0.4 is 5.73 Å². The van der Waals surface area contributed by atoms with Crippen LogP contribution in [0.4, 0.5) is 0 Å². The smallest absolute Gasteiger partial charge is 0.243 e. The third-order valence-corrected chi connectivity index (χ3v) is 5.31. The second-order valence-corrected chi connectivity index (χ2v) is 6.59. The van der Waals surface area contributed by atoms with Gasteiger partial charge in [-0.2, -0.15) is 9.57 Å². The van der Waals surface area contributed by atoms with Gasteiger partial charge in [-0.1, -0.05) is 6.07 Å². The van der Waals surface area contributed by atoms with Crippen molar-refractivity contribution in [1.29, 1.82) is 5.26 Å². The van der Waals surface area contributed by atoms with E-state index in [2.05, 4.69) is 0 Å². The molecule has 0 radical (unpaired) electrons. The van der Waals surface area contributed by atoms with Crippen molar-refractivity contribution in [2.75, 3.05) is 26.2 Å². The summed E-state index contributed by atoms with van der Waals surface area (Å²) in [7, 11) is -3.62. The predicted octanol–water partition coefficient (Wildman–Crippen LogP) is 0.215. The molecule has 1 heterocycles. The molecule has 0 unspecified atom stereocenters. The summed E-state index contributed by atoms with van der Waals surface area (Å²) in [4.78, 5) is 0.175. The van der Waals surface area contributed by atoms with Gasteiger partial charge in [0.15, 0.2) is 0 Å². The van der Waals surface area contributed by atoms with Gasteiger partial charge in [0.2, 0.25) is 10.0 Å². The van der Waals surface area contributed by atoms with Crippen LogP contribution in [0.25, 0.3) is 0 Å². The molecule has 6 nitrogen and oxygen atoms in total. The van der Waals surface area contributed by atoms with Crippen molar-refractivity contribution in [2.45, 2.75) is 17.9 Å². The van der Waals surface area contributed by atoms with E-state index in [1.165, 1.54) is 10.4 Å². The first-order valence-corrected chi connectivity index (χ1v) is 7.75. The second kappa shape index (κ2) is 5.89. The number of hydrogen-bond donors (Lipinski definition) is 1. The van der Waals surface area contributed by atoms with E-state index < -0.39 is 10.0 Å². The van der Waals surface area contributed by atoms with Crippen molar-refractivity contribution >= 4 is 10.0 Å². The molecule has 1 aromatic rings. The van der Waals surface area contributed by atoms with Crippen LogP contribution in [0.3, 0.4) is 0 Å². The molecule has 1 atom stereocenters. The van der Waals surface area contributed by atoms with Gasteiger partial charge in [0.1, 0.15) is 0 Å². The number of ether oxygens (including phenoxy) is 1. The molecule has 2 N–H and O–H groups in total. The average Bonchev–Trinajstić information content (AvgIpc) is 2.47. The molecule has 1 fully saturated rings. The quantitative estimate of drug-likeness (QED) is 0.860. The molecular formula is C13H17N3O3S. The number of hydrogen-bond acceptors (Lipinski definition) is 5. The van der Waals surface area contributed by atoms with E-state index in [4.69, 9.17) is 15.7 Å². The Bertz CT molecular complexity index is 637.